The Kier molecular flexibility index (Phi) is 11.9. The number of sulfonamides is 1. The first kappa shape index (κ1) is 33.5. The lowest BCUT2D eigenvalue weighted by Gasteiger charge is -2.34. The second-order valence-electron chi connectivity index (χ2n) is 10.0. The zero-order valence-electron chi connectivity index (χ0n) is 24.0. The van der Waals surface area contributed by atoms with Crippen LogP contribution in [0.4, 0.5) is 5.69 Å². The van der Waals surface area contributed by atoms with Crippen LogP contribution >= 0.6 is 39.1 Å². The molecule has 4 aromatic rings. The van der Waals surface area contributed by atoms with E-state index in [1.165, 1.54) is 17.0 Å². The minimum absolute atomic E-state index is 0.0231. The summed E-state index contributed by atoms with van der Waals surface area (Å²) in [5.74, 6) is -0.972. The maximum Gasteiger partial charge on any atom is 0.264 e. The van der Waals surface area contributed by atoms with Gasteiger partial charge in [0.05, 0.1) is 10.6 Å². The fourth-order valence-electron chi connectivity index (χ4n) is 4.65. The Balaban J connectivity index is 1.82. The number of hydrogen-bond acceptors (Lipinski definition) is 4. The van der Waals surface area contributed by atoms with Crippen LogP contribution in [0, 0.1) is 0 Å². The summed E-state index contributed by atoms with van der Waals surface area (Å²) in [5.41, 5.74) is 1.56. The minimum atomic E-state index is -4.20. The van der Waals surface area contributed by atoms with E-state index in [4.69, 9.17) is 23.2 Å². The van der Waals surface area contributed by atoms with Gasteiger partial charge in [0.25, 0.3) is 10.0 Å². The van der Waals surface area contributed by atoms with Crippen LogP contribution < -0.4 is 9.62 Å². The zero-order valence-corrected chi connectivity index (χ0v) is 27.9. The van der Waals surface area contributed by atoms with E-state index in [2.05, 4.69) is 21.2 Å². The standard InChI is InChI=1S/C33H32BrCl2N3O4S/c1-2-19-37-33(41)31(20-24-11-5-3-6-12-24)38(22-28-29(35)17-10-18-30(28)36)32(40)23-39(26-14-9-13-25(34)21-26)44(42,43)27-15-7-4-8-16-27/h3-18,21,31H,2,19-20,22-23H2,1H3,(H,37,41). The summed E-state index contributed by atoms with van der Waals surface area (Å²) in [4.78, 5) is 29.6. The lowest BCUT2D eigenvalue weighted by molar-refractivity contribution is -0.140. The smallest absolute Gasteiger partial charge is 0.264 e. The first-order valence-corrected chi connectivity index (χ1v) is 17.0. The van der Waals surface area contributed by atoms with Crippen molar-refractivity contribution in [2.45, 2.75) is 37.2 Å². The maximum absolute atomic E-state index is 14.5. The molecule has 11 heteroatoms. The summed E-state index contributed by atoms with van der Waals surface area (Å²) in [6.45, 7) is 1.64. The van der Waals surface area contributed by atoms with Gasteiger partial charge in [-0.3, -0.25) is 13.9 Å². The van der Waals surface area contributed by atoms with Crippen LogP contribution in [0.1, 0.15) is 24.5 Å². The molecule has 0 aliphatic rings. The molecule has 0 fully saturated rings. The molecular weight excluding hydrogens is 685 g/mol. The molecule has 0 aliphatic carbocycles. The molecule has 0 bridgehead atoms. The predicted octanol–water partition coefficient (Wildman–Crippen LogP) is 7.12. The highest BCUT2D eigenvalue weighted by Crippen LogP contribution is 2.30. The molecule has 0 aromatic heterocycles. The second kappa shape index (κ2) is 15.6. The summed E-state index contributed by atoms with van der Waals surface area (Å²) < 4.78 is 29.7. The van der Waals surface area contributed by atoms with Crippen LogP contribution in [-0.4, -0.2) is 44.3 Å². The molecule has 7 nitrogen and oxygen atoms in total. The van der Waals surface area contributed by atoms with Gasteiger partial charge in [-0.1, -0.05) is 107 Å². The molecule has 0 heterocycles. The van der Waals surface area contributed by atoms with Crippen molar-refractivity contribution >= 4 is 66.7 Å². The van der Waals surface area contributed by atoms with Crippen molar-refractivity contribution in [3.8, 4) is 0 Å². The van der Waals surface area contributed by atoms with Gasteiger partial charge >= 0.3 is 0 Å². The van der Waals surface area contributed by atoms with Crippen LogP contribution in [0.25, 0.3) is 0 Å². The van der Waals surface area contributed by atoms with Crippen molar-refractivity contribution in [3.63, 3.8) is 0 Å². The molecule has 1 unspecified atom stereocenters. The molecule has 4 aromatic carbocycles. The first-order valence-electron chi connectivity index (χ1n) is 14.0. The van der Waals surface area contributed by atoms with Gasteiger partial charge in [-0.25, -0.2) is 8.42 Å². The average molecular weight is 718 g/mol. The zero-order chi connectivity index (χ0) is 31.7. The summed E-state index contributed by atoms with van der Waals surface area (Å²) in [6, 6.07) is 27.9. The van der Waals surface area contributed by atoms with E-state index >= 15 is 0 Å². The number of benzene rings is 4. The molecule has 1 atom stereocenters. The third-order valence-electron chi connectivity index (χ3n) is 6.92. The Morgan fingerprint density at radius 2 is 1.48 bits per heavy atom. The highest BCUT2D eigenvalue weighted by molar-refractivity contribution is 9.10. The quantitative estimate of drug-likeness (QED) is 0.160. The first-order chi connectivity index (χ1) is 21.1. The van der Waals surface area contributed by atoms with Crippen LogP contribution in [0.15, 0.2) is 112 Å². The Hall–Kier alpha value is -3.37. The van der Waals surface area contributed by atoms with E-state index in [0.717, 1.165) is 9.87 Å². The van der Waals surface area contributed by atoms with E-state index in [1.54, 1.807) is 60.7 Å². The summed E-state index contributed by atoms with van der Waals surface area (Å²) in [5, 5.41) is 3.56. The molecule has 0 saturated carbocycles. The fourth-order valence-corrected chi connectivity index (χ4v) is 6.98. The number of rotatable bonds is 13. The van der Waals surface area contributed by atoms with Gasteiger partial charge < -0.3 is 10.2 Å². The molecular formula is C33H32BrCl2N3O4S. The number of hydrogen-bond donors (Lipinski definition) is 1. The highest BCUT2D eigenvalue weighted by Gasteiger charge is 2.35. The third-order valence-corrected chi connectivity index (χ3v) is 9.91. The summed E-state index contributed by atoms with van der Waals surface area (Å²) >= 11 is 16.5. The molecule has 4 rings (SSSR count). The van der Waals surface area contributed by atoms with Crippen molar-refractivity contribution in [1.82, 2.24) is 10.2 Å². The summed E-state index contributed by atoms with van der Waals surface area (Å²) in [7, 11) is -4.20. The number of nitrogens with one attached hydrogen (secondary N) is 1. The van der Waals surface area contributed by atoms with Crippen molar-refractivity contribution in [1.29, 1.82) is 0 Å². The SMILES string of the molecule is CCCNC(=O)C(Cc1ccccc1)N(Cc1c(Cl)cccc1Cl)C(=O)CN(c1cccc(Br)c1)S(=O)(=O)c1ccccc1. The van der Waals surface area contributed by atoms with Crippen LogP contribution in [0.3, 0.4) is 0 Å². The van der Waals surface area contributed by atoms with E-state index in [1.807, 2.05) is 37.3 Å². The molecule has 2 amide bonds. The van der Waals surface area contributed by atoms with Crippen LogP contribution in [-0.2, 0) is 32.6 Å². The largest absolute Gasteiger partial charge is 0.354 e. The Labute approximate surface area is 277 Å². The van der Waals surface area contributed by atoms with Gasteiger partial charge in [-0.2, -0.15) is 0 Å². The van der Waals surface area contributed by atoms with Crippen molar-refractivity contribution < 1.29 is 18.0 Å². The Morgan fingerprint density at radius 1 is 0.864 bits per heavy atom. The number of amides is 2. The monoisotopic (exact) mass is 715 g/mol. The van der Waals surface area contributed by atoms with E-state index in [9.17, 15) is 18.0 Å². The molecule has 0 spiro atoms. The molecule has 44 heavy (non-hydrogen) atoms. The van der Waals surface area contributed by atoms with Gasteiger partial charge in [0, 0.05) is 39.6 Å². The molecule has 1 N–H and O–H groups in total. The van der Waals surface area contributed by atoms with Gasteiger partial charge in [0.15, 0.2) is 0 Å². The van der Waals surface area contributed by atoms with Crippen molar-refractivity contribution in [3.05, 3.63) is 129 Å². The number of halogens is 3. The topological polar surface area (TPSA) is 86.8 Å². The van der Waals surface area contributed by atoms with Crippen LogP contribution in [0.2, 0.25) is 10.0 Å². The minimum Gasteiger partial charge on any atom is -0.354 e. The molecule has 0 aliphatic heterocycles. The Bertz CT molecular complexity index is 1670. The third kappa shape index (κ3) is 8.41. The second-order valence-corrected chi connectivity index (χ2v) is 13.6. The van der Waals surface area contributed by atoms with Crippen molar-refractivity contribution in [2.75, 3.05) is 17.4 Å². The van der Waals surface area contributed by atoms with Crippen LogP contribution in [0.5, 0.6) is 0 Å². The molecule has 0 saturated heterocycles. The van der Waals surface area contributed by atoms with Gasteiger partial charge in [-0.15, -0.1) is 0 Å². The molecule has 230 valence electrons. The van der Waals surface area contributed by atoms with E-state index in [0.29, 0.717) is 33.0 Å². The maximum atomic E-state index is 14.5. The van der Waals surface area contributed by atoms with E-state index < -0.39 is 28.5 Å². The fraction of sp³-hybridized carbons (Fsp3) is 0.212. The number of carbonyl (C=O) groups excluding carboxylic acids is 2. The highest BCUT2D eigenvalue weighted by atomic mass is 79.9. The average Bonchev–Trinajstić information content (AvgIpc) is 3.02. The van der Waals surface area contributed by atoms with Gasteiger partial charge in [0.2, 0.25) is 11.8 Å². The Morgan fingerprint density at radius 3 is 2.09 bits per heavy atom. The van der Waals surface area contributed by atoms with Gasteiger partial charge in [0.1, 0.15) is 12.6 Å². The number of carbonyl (C=O) groups is 2. The number of nitrogens with zero attached hydrogens (tertiary/aromatic N) is 2. The number of anilines is 1. The van der Waals surface area contributed by atoms with Crippen molar-refractivity contribution in [2.24, 2.45) is 0 Å². The summed E-state index contributed by atoms with van der Waals surface area (Å²) in [6.07, 6.45) is 0.882. The van der Waals surface area contributed by atoms with E-state index in [-0.39, 0.29) is 29.5 Å². The lowest BCUT2D eigenvalue weighted by atomic mass is 10.0. The normalized spacial score (nSPS) is 11.9. The predicted molar refractivity (Wildman–Crippen MR) is 179 cm³/mol. The lowest BCUT2D eigenvalue weighted by Crippen LogP contribution is -2.53. The van der Waals surface area contributed by atoms with Gasteiger partial charge in [-0.05, 0) is 54.4 Å². The molecule has 0 radical (unpaired) electrons.